The van der Waals surface area contributed by atoms with E-state index < -0.39 is 0 Å². The summed E-state index contributed by atoms with van der Waals surface area (Å²) in [5.74, 6) is 0.671. The Balaban J connectivity index is 2.62. The number of nitrogens with zero attached hydrogens (tertiary/aromatic N) is 1. The van der Waals surface area contributed by atoms with Crippen molar-refractivity contribution in [2.45, 2.75) is 46.2 Å². The van der Waals surface area contributed by atoms with Crippen molar-refractivity contribution in [1.29, 1.82) is 0 Å². The van der Waals surface area contributed by atoms with E-state index in [1.165, 1.54) is 0 Å². The van der Waals surface area contributed by atoms with Gasteiger partial charge in [0.25, 0.3) is 0 Å². The normalized spacial score (nSPS) is 13.5. The van der Waals surface area contributed by atoms with Gasteiger partial charge in [-0.25, -0.2) is 0 Å². The van der Waals surface area contributed by atoms with Crippen LogP contribution in [0.15, 0.2) is 22.7 Å². The van der Waals surface area contributed by atoms with E-state index >= 15 is 0 Å². The molecule has 1 rings (SSSR count). The van der Waals surface area contributed by atoms with Crippen molar-refractivity contribution in [3.63, 3.8) is 0 Å². The molecule has 2 nitrogen and oxygen atoms in total. The van der Waals surface area contributed by atoms with Gasteiger partial charge in [-0.05, 0) is 43.9 Å². The van der Waals surface area contributed by atoms with Crippen molar-refractivity contribution in [3.8, 4) is 0 Å². The lowest BCUT2D eigenvalue weighted by Gasteiger charge is -2.29. The molecule has 1 aromatic carbocycles. The highest BCUT2D eigenvalue weighted by molar-refractivity contribution is 9.10. The van der Waals surface area contributed by atoms with Gasteiger partial charge in [-0.15, -0.1) is 0 Å². The summed E-state index contributed by atoms with van der Waals surface area (Å²) < 4.78 is 0.988. The van der Waals surface area contributed by atoms with E-state index in [2.05, 4.69) is 48.5 Å². The maximum atomic E-state index is 6.30. The minimum Gasteiger partial charge on any atom is -0.324 e. The van der Waals surface area contributed by atoms with Crippen LogP contribution in [0.2, 0.25) is 5.02 Å². The minimum atomic E-state index is -0.0102. The Bertz CT molecular complexity index is 421. The molecule has 0 spiro atoms. The number of nitrogens with two attached hydrogens (primary N) is 1. The van der Waals surface area contributed by atoms with Crippen LogP contribution in [0.4, 0.5) is 0 Å². The third-order valence-corrected chi connectivity index (χ3v) is 4.24. The molecule has 0 aliphatic rings. The van der Waals surface area contributed by atoms with Crippen LogP contribution in [0.25, 0.3) is 0 Å². The zero-order valence-corrected chi connectivity index (χ0v) is 15.2. The summed E-state index contributed by atoms with van der Waals surface area (Å²) in [5, 5.41) is 0.742. The molecule has 114 valence electrons. The molecule has 1 unspecified atom stereocenters. The van der Waals surface area contributed by atoms with Crippen molar-refractivity contribution in [2.75, 3.05) is 13.1 Å². The van der Waals surface area contributed by atoms with Gasteiger partial charge in [0.1, 0.15) is 0 Å². The second kappa shape index (κ2) is 8.38. The highest BCUT2D eigenvalue weighted by Crippen LogP contribution is 2.27. The lowest BCUT2D eigenvalue weighted by atomic mass is 10.0. The largest absolute Gasteiger partial charge is 0.324 e. The van der Waals surface area contributed by atoms with Gasteiger partial charge in [-0.2, -0.15) is 0 Å². The number of hydrogen-bond donors (Lipinski definition) is 1. The first kappa shape index (κ1) is 18.0. The Morgan fingerprint density at radius 2 is 1.90 bits per heavy atom. The van der Waals surface area contributed by atoms with Gasteiger partial charge in [0.05, 0.1) is 0 Å². The molecule has 0 amide bonds. The van der Waals surface area contributed by atoms with Gasteiger partial charge in [0.2, 0.25) is 0 Å². The van der Waals surface area contributed by atoms with E-state index in [0.29, 0.717) is 12.0 Å². The van der Waals surface area contributed by atoms with Crippen LogP contribution in [-0.2, 0) is 0 Å². The molecule has 20 heavy (non-hydrogen) atoms. The first-order valence-corrected chi connectivity index (χ1v) is 8.43. The summed E-state index contributed by atoms with van der Waals surface area (Å²) in [4.78, 5) is 2.48. The zero-order valence-electron chi connectivity index (χ0n) is 12.9. The fourth-order valence-electron chi connectivity index (χ4n) is 2.29. The van der Waals surface area contributed by atoms with E-state index in [4.69, 9.17) is 17.3 Å². The Kier molecular flexibility index (Phi) is 7.52. The molecule has 1 aromatic rings. The molecule has 0 heterocycles. The molecule has 0 bridgehead atoms. The smallest absolute Gasteiger partial charge is 0.0464 e. The van der Waals surface area contributed by atoms with Crippen LogP contribution in [0.5, 0.6) is 0 Å². The maximum absolute atomic E-state index is 6.30. The molecular formula is C16H26BrClN2. The van der Waals surface area contributed by atoms with Crippen LogP contribution in [0.1, 0.15) is 45.7 Å². The average Bonchev–Trinajstić information content (AvgIpc) is 2.33. The monoisotopic (exact) mass is 360 g/mol. The molecule has 0 aromatic heterocycles. The Labute approximate surface area is 136 Å². The van der Waals surface area contributed by atoms with E-state index in [1.54, 1.807) is 0 Å². The molecule has 0 fully saturated rings. The van der Waals surface area contributed by atoms with Gasteiger partial charge in [0.15, 0.2) is 0 Å². The Morgan fingerprint density at radius 1 is 1.25 bits per heavy atom. The number of halogens is 2. The van der Waals surface area contributed by atoms with Crippen LogP contribution in [0, 0.1) is 5.92 Å². The second-order valence-electron chi connectivity index (χ2n) is 6.04. The molecule has 0 saturated heterocycles. The molecule has 4 heteroatoms. The summed E-state index contributed by atoms with van der Waals surface area (Å²) in [6.45, 7) is 11.1. The predicted octanol–water partition coefficient (Wildman–Crippen LogP) is 4.86. The maximum Gasteiger partial charge on any atom is 0.0464 e. The van der Waals surface area contributed by atoms with Crippen LogP contribution < -0.4 is 5.73 Å². The zero-order chi connectivity index (χ0) is 15.3. The van der Waals surface area contributed by atoms with E-state index in [0.717, 1.165) is 34.6 Å². The van der Waals surface area contributed by atoms with Gasteiger partial charge < -0.3 is 10.6 Å². The highest BCUT2D eigenvalue weighted by atomic mass is 79.9. The van der Waals surface area contributed by atoms with Gasteiger partial charge in [-0.3, -0.25) is 0 Å². The number of benzene rings is 1. The molecule has 0 saturated carbocycles. The van der Waals surface area contributed by atoms with Crippen molar-refractivity contribution >= 4 is 27.5 Å². The minimum absolute atomic E-state index is 0.0102. The van der Waals surface area contributed by atoms with Crippen molar-refractivity contribution in [2.24, 2.45) is 11.7 Å². The quantitative estimate of drug-likeness (QED) is 0.751. The molecule has 0 aliphatic carbocycles. The van der Waals surface area contributed by atoms with E-state index in [1.807, 2.05) is 18.2 Å². The molecule has 0 radical (unpaired) electrons. The summed E-state index contributed by atoms with van der Waals surface area (Å²) in [5.41, 5.74) is 7.33. The first-order chi connectivity index (χ1) is 9.31. The lowest BCUT2D eigenvalue weighted by Crippen LogP contribution is -2.36. The fourth-order valence-corrected chi connectivity index (χ4v) is 3.11. The first-order valence-electron chi connectivity index (χ1n) is 7.25. The standard InChI is InChI=1S/C16H26BrClN2/c1-11(2)10-20(12(3)4)8-7-16(19)14-6-5-13(17)9-15(14)18/h5-6,9,11-12,16H,7-8,10,19H2,1-4H3. The third-order valence-electron chi connectivity index (χ3n) is 3.42. The number of hydrogen-bond acceptors (Lipinski definition) is 2. The number of rotatable bonds is 7. The summed E-state index contributed by atoms with van der Waals surface area (Å²) in [6, 6.07) is 6.45. The fraction of sp³-hybridized carbons (Fsp3) is 0.625. The third kappa shape index (κ3) is 5.72. The van der Waals surface area contributed by atoms with Crippen LogP contribution in [0.3, 0.4) is 0 Å². The van der Waals surface area contributed by atoms with Crippen molar-refractivity contribution in [3.05, 3.63) is 33.3 Å². The van der Waals surface area contributed by atoms with Crippen LogP contribution >= 0.6 is 27.5 Å². The van der Waals surface area contributed by atoms with E-state index in [-0.39, 0.29) is 6.04 Å². The summed E-state index contributed by atoms with van der Waals surface area (Å²) >= 11 is 9.68. The average molecular weight is 362 g/mol. The van der Waals surface area contributed by atoms with Crippen molar-refractivity contribution < 1.29 is 0 Å². The van der Waals surface area contributed by atoms with Crippen LogP contribution in [-0.4, -0.2) is 24.0 Å². The van der Waals surface area contributed by atoms with Gasteiger partial charge in [-0.1, -0.05) is 47.4 Å². The van der Waals surface area contributed by atoms with Gasteiger partial charge >= 0.3 is 0 Å². The topological polar surface area (TPSA) is 29.3 Å². The summed E-state index contributed by atoms with van der Waals surface area (Å²) in [7, 11) is 0. The lowest BCUT2D eigenvalue weighted by molar-refractivity contribution is 0.191. The van der Waals surface area contributed by atoms with Gasteiger partial charge in [0, 0.05) is 34.7 Å². The Hall–Kier alpha value is -0.0900. The highest BCUT2D eigenvalue weighted by Gasteiger charge is 2.15. The molecular weight excluding hydrogens is 336 g/mol. The summed E-state index contributed by atoms with van der Waals surface area (Å²) in [6.07, 6.45) is 0.923. The van der Waals surface area contributed by atoms with Crippen molar-refractivity contribution in [1.82, 2.24) is 4.90 Å². The Morgan fingerprint density at radius 3 is 2.40 bits per heavy atom. The molecule has 1 atom stereocenters. The molecule has 2 N–H and O–H groups in total. The SMILES string of the molecule is CC(C)CN(CCC(N)c1ccc(Br)cc1Cl)C(C)C. The second-order valence-corrected chi connectivity index (χ2v) is 7.37. The molecule has 0 aliphatic heterocycles. The van der Waals surface area contributed by atoms with E-state index in [9.17, 15) is 0 Å². The predicted molar refractivity (Wildman–Crippen MR) is 92.2 cm³/mol.